The zero-order valence-electron chi connectivity index (χ0n) is 14.4. The van der Waals surface area contributed by atoms with Crippen molar-refractivity contribution in [2.75, 3.05) is 26.2 Å². The highest BCUT2D eigenvalue weighted by Crippen LogP contribution is 2.28. The summed E-state index contributed by atoms with van der Waals surface area (Å²) in [6, 6.07) is 4.51. The Morgan fingerprint density at radius 1 is 1.35 bits per heavy atom. The van der Waals surface area contributed by atoms with Gasteiger partial charge in [-0.3, -0.25) is 9.69 Å². The molecule has 1 aromatic rings. The molecule has 1 aromatic heterocycles. The summed E-state index contributed by atoms with van der Waals surface area (Å²) >= 11 is 0. The first-order chi connectivity index (χ1) is 11.1. The quantitative estimate of drug-likeness (QED) is 0.856. The molecule has 3 heterocycles. The summed E-state index contributed by atoms with van der Waals surface area (Å²) in [5, 5.41) is 0. The van der Waals surface area contributed by atoms with Gasteiger partial charge in [0.1, 0.15) is 5.56 Å². The Bertz CT molecular complexity index is 569. The van der Waals surface area contributed by atoms with Crippen LogP contribution < -0.4 is 4.74 Å². The van der Waals surface area contributed by atoms with Crippen molar-refractivity contribution in [3.8, 4) is 5.88 Å². The predicted molar refractivity (Wildman–Crippen MR) is 89.9 cm³/mol. The first-order valence-electron chi connectivity index (χ1n) is 8.75. The number of nitrogens with zero attached hydrogens (tertiary/aromatic N) is 3. The van der Waals surface area contributed by atoms with E-state index in [0.29, 0.717) is 24.1 Å². The highest BCUT2D eigenvalue weighted by atomic mass is 16.5. The molecular formula is C18H27N3O2. The van der Waals surface area contributed by atoms with Crippen molar-refractivity contribution < 1.29 is 9.53 Å². The summed E-state index contributed by atoms with van der Waals surface area (Å²) in [5.74, 6) is 0.518. The number of aryl methyl sites for hydroxylation is 1. The van der Waals surface area contributed by atoms with Gasteiger partial charge in [-0.25, -0.2) is 4.98 Å². The molecule has 0 spiro atoms. The Kier molecular flexibility index (Phi) is 4.85. The largest absolute Gasteiger partial charge is 0.477 e. The molecule has 5 nitrogen and oxygen atoms in total. The van der Waals surface area contributed by atoms with Crippen molar-refractivity contribution in [1.29, 1.82) is 0 Å². The number of ether oxygens (including phenoxy) is 1. The fourth-order valence-corrected chi connectivity index (χ4v) is 3.75. The first kappa shape index (κ1) is 16.2. The standard InChI is InChI=1S/C18H27N3O2/c1-4-23-17-16(8-7-13(2)19-17)18(22)21-12-15(11-14(21)3)20-9-5-6-10-20/h7-8,14-15H,4-6,9-12H2,1-3H3/t14-,15-/m0/s1. The molecule has 2 saturated heterocycles. The lowest BCUT2D eigenvalue weighted by molar-refractivity contribution is 0.0732. The SMILES string of the molecule is CCOc1nc(C)ccc1C(=O)N1C[C@@H](N2CCCC2)C[C@@H]1C. The summed E-state index contributed by atoms with van der Waals surface area (Å²) in [6.07, 6.45) is 3.64. The van der Waals surface area contributed by atoms with Gasteiger partial charge in [0.15, 0.2) is 0 Å². The van der Waals surface area contributed by atoms with Crippen molar-refractivity contribution in [2.45, 2.75) is 52.1 Å². The third kappa shape index (κ3) is 3.34. The van der Waals surface area contributed by atoms with Gasteiger partial charge in [0, 0.05) is 24.3 Å². The van der Waals surface area contributed by atoms with Crippen LogP contribution in [-0.2, 0) is 0 Å². The fourth-order valence-electron chi connectivity index (χ4n) is 3.75. The number of carbonyl (C=O) groups excluding carboxylic acids is 1. The van der Waals surface area contributed by atoms with E-state index < -0.39 is 0 Å². The van der Waals surface area contributed by atoms with Crippen LogP contribution in [0.5, 0.6) is 5.88 Å². The van der Waals surface area contributed by atoms with Crippen LogP contribution in [0.4, 0.5) is 0 Å². The molecule has 0 radical (unpaired) electrons. The second kappa shape index (κ2) is 6.87. The van der Waals surface area contributed by atoms with E-state index in [2.05, 4.69) is 16.8 Å². The van der Waals surface area contributed by atoms with Crippen molar-refractivity contribution >= 4 is 5.91 Å². The Hall–Kier alpha value is -1.62. The van der Waals surface area contributed by atoms with Gasteiger partial charge in [0.2, 0.25) is 5.88 Å². The van der Waals surface area contributed by atoms with E-state index in [-0.39, 0.29) is 11.9 Å². The van der Waals surface area contributed by atoms with Crippen molar-refractivity contribution in [2.24, 2.45) is 0 Å². The van der Waals surface area contributed by atoms with Crippen LogP contribution in [0.3, 0.4) is 0 Å². The third-order valence-electron chi connectivity index (χ3n) is 4.98. The molecule has 3 rings (SSSR count). The van der Waals surface area contributed by atoms with E-state index in [0.717, 1.165) is 18.7 Å². The highest BCUT2D eigenvalue weighted by molar-refractivity contribution is 5.96. The van der Waals surface area contributed by atoms with Crippen LogP contribution in [0.15, 0.2) is 12.1 Å². The molecule has 0 aromatic carbocycles. The molecule has 5 heteroatoms. The van der Waals surface area contributed by atoms with E-state index >= 15 is 0 Å². The molecule has 0 N–H and O–H groups in total. The van der Waals surface area contributed by atoms with Crippen LogP contribution in [0.1, 0.15) is 49.2 Å². The Morgan fingerprint density at radius 3 is 2.78 bits per heavy atom. The van der Waals surface area contributed by atoms with Crippen LogP contribution in [-0.4, -0.2) is 59.0 Å². The van der Waals surface area contributed by atoms with Crippen LogP contribution in [0.25, 0.3) is 0 Å². The average Bonchev–Trinajstić information content (AvgIpc) is 3.16. The maximum Gasteiger partial charge on any atom is 0.259 e. The third-order valence-corrected chi connectivity index (χ3v) is 4.98. The van der Waals surface area contributed by atoms with Gasteiger partial charge in [0.05, 0.1) is 6.61 Å². The molecule has 2 aliphatic heterocycles. The number of hydrogen-bond donors (Lipinski definition) is 0. The first-order valence-corrected chi connectivity index (χ1v) is 8.75. The number of amides is 1. The second-order valence-electron chi connectivity index (χ2n) is 6.68. The molecule has 126 valence electrons. The minimum atomic E-state index is 0.0511. The van der Waals surface area contributed by atoms with Crippen molar-refractivity contribution in [1.82, 2.24) is 14.8 Å². The summed E-state index contributed by atoms with van der Waals surface area (Å²) in [4.78, 5) is 21.9. The molecule has 0 unspecified atom stereocenters. The molecule has 2 aliphatic rings. The Labute approximate surface area is 138 Å². The smallest absolute Gasteiger partial charge is 0.259 e. The number of rotatable bonds is 4. The number of likely N-dealkylation sites (tertiary alicyclic amines) is 2. The van der Waals surface area contributed by atoms with Gasteiger partial charge in [0.25, 0.3) is 5.91 Å². The maximum absolute atomic E-state index is 13.0. The maximum atomic E-state index is 13.0. The van der Waals surface area contributed by atoms with E-state index in [1.54, 1.807) is 0 Å². The summed E-state index contributed by atoms with van der Waals surface area (Å²) in [5.41, 5.74) is 1.46. The van der Waals surface area contributed by atoms with Crippen LogP contribution in [0, 0.1) is 6.92 Å². The molecule has 2 atom stereocenters. The van der Waals surface area contributed by atoms with Gasteiger partial charge in [-0.15, -0.1) is 0 Å². The average molecular weight is 317 g/mol. The minimum Gasteiger partial charge on any atom is -0.477 e. The number of hydrogen-bond acceptors (Lipinski definition) is 4. The molecule has 0 aliphatic carbocycles. The van der Waals surface area contributed by atoms with Crippen molar-refractivity contribution in [3.05, 3.63) is 23.4 Å². The summed E-state index contributed by atoms with van der Waals surface area (Å²) in [6.45, 7) is 9.67. The lowest BCUT2D eigenvalue weighted by Crippen LogP contribution is -2.38. The monoisotopic (exact) mass is 317 g/mol. The molecule has 23 heavy (non-hydrogen) atoms. The van der Waals surface area contributed by atoms with Crippen LogP contribution >= 0.6 is 0 Å². The zero-order chi connectivity index (χ0) is 16.4. The summed E-state index contributed by atoms with van der Waals surface area (Å²) in [7, 11) is 0. The van der Waals surface area contributed by atoms with Crippen LogP contribution in [0.2, 0.25) is 0 Å². The summed E-state index contributed by atoms with van der Waals surface area (Å²) < 4.78 is 5.59. The van der Waals surface area contributed by atoms with Gasteiger partial charge in [-0.05, 0) is 65.3 Å². The van der Waals surface area contributed by atoms with Gasteiger partial charge < -0.3 is 9.64 Å². The Balaban J connectivity index is 1.77. The van der Waals surface area contributed by atoms with E-state index in [1.165, 1.54) is 25.9 Å². The van der Waals surface area contributed by atoms with Crippen molar-refractivity contribution in [3.63, 3.8) is 0 Å². The molecule has 0 bridgehead atoms. The topological polar surface area (TPSA) is 45.7 Å². The predicted octanol–water partition coefficient (Wildman–Crippen LogP) is 2.49. The molecule has 1 amide bonds. The fraction of sp³-hybridized carbons (Fsp3) is 0.667. The van der Waals surface area contributed by atoms with E-state index in [9.17, 15) is 4.79 Å². The lowest BCUT2D eigenvalue weighted by Gasteiger charge is -2.24. The van der Waals surface area contributed by atoms with Gasteiger partial charge in [-0.1, -0.05) is 0 Å². The molecule has 0 saturated carbocycles. The normalized spacial score (nSPS) is 25.1. The molecule has 2 fully saturated rings. The van der Waals surface area contributed by atoms with E-state index in [1.807, 2.05) is 30.9 Å². The molecular weight excluding hydrogens is 290 g/mol. The number of pyridine rings is 1. The lowest BCUT2D eigenvalue weighted by atomic mass is 10.1. The number of carbonyl (C=O) groups is 1. The second-order valence-corrected chi connectivity index (χ2v) is 6.68. The van der Waals surface area contributed by atoms with Gasteiger partial charge in [-0.2, -0.15) is 0 Å². The Morgan fingerprint density at radius 2 is 2.09 bits per heavy atom. The zero-order valence-corrected chi connectivity index (χ0v) is 14.4. The highest BCUT2D eigenvalue weighted by Gasteiger charge is 2.37. The minimum absolute atomic E-state index is 0.0511. The van der Waals surface area contributed by atoms with Gasteiger partial charge >= 0.3 is 0 Å². The van der Waals surface area contributed by atoms with E-state index in [4.69, 9.17) is 4.74 Å². The number of aromatic nitrogens is 1.